The SMILES string of the molecule is CCn1c(SCC(=O)Nc2c(F)cc(F)cc2Br)nnc1-c1cccc(C)c1. The zero-order chi connectivity index (χ0) is 20.3. The van der Waals surface area contributed by atoms with Gasteiger partial charge in [-0.05, 0) is 41.9 Å². The number of aromatic nitrogens is 3. The van der Waals surface area contributed by atoms with Gasteiger partial charge in [0.1, 0.15) is 5.82 Å². The first-order valence-corrected chi connectivity index (χ1v) is 10.2. The number of carbonyl (C=O) groups excluding carboxylic acids is 1. The van der Waals surface area contributed by atoms with Crippen LogP contribution < -0.4 is 5.32 Å². The van der Waals surface area contributed by atoms with E-state index in [-0.39, 0.29) is 15.9 Å². The minimum atomic E-state index is -0.844. The van der Waals surface area contributed by atoms with E-state index in [9.17, 15) is 13.6 Å². The number of halogens is 3. The van der Waals surface area contributed by atoms with Crippen LogP contribution in [-0.2, 0) is 11.3 Å². The number of carbonyl (C=O) groups is 1. The number of hydrogen-bond acceptors (Lipinski definition) is 4. The van der Waals surface area contributed by atoms with Gasteiger partial charge in [-0.3, -0.25) is 4.79 Å². The lowest BCUT2D eigenvalue weighted by Gasteiger charge is -2.10. The first kappa shape index (κ1) is 20.5. The molecule has 0 aliphatic carbocycles. The molecule has 1 aromatic heterocycles. The molecule has 0 fully saturated rings. The fourth-order valence-electron chi connectivity index (χ4n) is 2.65. The number of nitrogens with one attached hydrogen (secondary N) is 1. The van der Waals surface area contributed by atoms with Gasteiger partial charge in [-0.25, -0.2) is 8.78 Å². The molecule has 0 aliphatic heterocycles. The van der Waals surface area contributed by atoms with E-state index >= 15 is 0 Å². The molecule has 2 aromatic carbocycles. The fourth-order valence-corrected chi connectivity index (χ4v) is 3.95. The van der Waals surface area contributed by atoms with E-state index < -0.39 is 17.5 Å². The Morgan fingerprint density at radius 1 is 1.25 bits per heavy atom. The largest absolute Gasteiger partial charge is 0.322 e. The highest BCUT2D eigenvalue weighted by molar-refractivity contribution is 9.10. The third-order valence-corrected chi connectivity index (χ3v) is 5.51. The zero-order valence-electron chi connectivity index (χ0n) is 15.2. The van der Waals surface area contributed by atoms with E-state index in [0.29, 0.717) is 11.7 Å². The molecule has 0 aliphatic rings. The highest BCUT2D eigenvalue weighted by Gasteiger charge is 2.17. The van der Waals surface area contributed by atoms with Crippen LogP contribution in [0.2, 0.25) is 0 Å². The molecule has 1 amide bonds. The molecular weight excluding hydrogens is 450 g/mol. The van der Waals surface area contributed by atoms with Gasteiger partial charge < -0.3 is 9.88 Å². The molecule has 0 saturated heterocycles. The fraction of sp³-hybridized carbons (Fsp3) is 0.211. The van der Waals surface area contributed by atoms with Gasteiger partial charge in [-0.15, -0.1) is 10.2 Å². The van der Waals surface area contributed by atoms with Crippen molar-refractivity contribution in [2.24, 2.45) is 0 Å². The van der Waals surface area contributed by atoms with Gasteiger partial charge in [-0.2, -0.15) is 0 Å². The summed E-state index contributed by atoms with van der Waals surface area (Å²) in [6.07, 6.45) is 0. The Bertz CT molecular complexity index is 1000. The predicted octanol–water partition coefficient (Wildman–Crippen LogP) is 5.04. The van der Waals surface area contributed by atoms with Crippen LogP contribution in [0.3, 0.4) is 0 Å². The highest BCUT2D eigenvalue weighted by Crippen LogP contribution is 2.28. The molecule has 0 unspecified atom stereocenters. The summed E-state index contributed by atoms with van der Waals surface area (Å²) in [5, 5.41) is 11.5. The van der Waals surface area contributed by atoms with Gasteiger partial charge in [0.05, 0.1) is 11.4 Å². The second kappa shape index (κ2) is 8.83. The maximum Gasteiger partial charge on any atom is 0.234 e. The maximum atomic E-state index is 13.9. The van der Waals surface area contributed by atoms with Crippen molar-refractivity contribution in [3.05, 3.63) is 58.1 Å². The van der Waals surface area contributed by atoms with Gasteiger partial charge in [0.2, 0.25) is 5.91 Å². The Morgan fingerprint density at radius 2 is 2.04 bits per heavy atom. The third kappa shape index (κ3) is 4.59. The first-order chi connectivity index (χ1) is 13.4. The molecule has 0 saturated carbocycles. The number of rotatable bonds is 6. The van der Waals surface area contributed by atoms with Crippen molar-refractivity contribution < 1.29 is 13.6 Å². The van der Waals surface area contributed by atoms with Crippen molar-refractivity contribution in [2.45, 2.75) is 25.5 Å². The lowest BCUT2D eigenvalue weighted by molar-refractivity contribution is -0.113. The van der Waals surface area contributed by atoms with E-state index in [1.165, 1.54) is 11.8 Å². The minimum absolute atomic E-state index is 0.00913. The predicted molar refractivity (Wildman–Crippen MR) is 109 cm³/mol. The minimum Gasteiger partial charge on any atom is -0.322 e. The van der Waals surface area contributed by atoms with Gasteiger partial charge in [0.15, 0.2) is 16.8 Å². The number of anilines is 1. The summed E-state index contributed by atoms with van der Waals surface area (Å²) in [7, 11) is 0. The van der Waals surface area contributed by atoms with Crippen LogP contribution in [0.25, 0.3) is 11.4 Å². The van der Waals surface area contributed by atoms with Crippen molar-refractivity contribution in [1.29, 1.82) is 0 Å². The summed E-state index contributed by atoms with van der Waals surface area (Å²) in [5.41, 5.74) is 1.97. The molecule has 5 nitrogen and oxygen atoms in total. The van der Waals surface area contributed by atoms with Crippen molar-refractivity contribution >= 4 is 39.3 Å². The molecule has 0 atom stereocenters. The maximum absolute atomic E-state index is 13.9. The highest BCUT2D eigenvalue weighted by atomic mass is 79.9. The number of benzene rings is 2. The lowest BCUT2D eigenvalue weighted by Crippen LogP contribution is -2.16. The normalized spacial score (nSPS) is 10.9. The van der Waals surface area contributed by atoms with Gasteiger partial charge >= 0.3 is 0 Å². The van der Waals surface area contributed by atoms with Crippen LogP contribution in [0.5, 0.6) is 0 Å². The molecule has 0 bridgehead atoms. The Labute approximate surface area is 173 Å². The quantitative estimate of drug-likeness (QED) is 0.516. The van der Waals surface area contributed by atoms with Crippen molar-refractivity contribution in [3.63, 3.8) is 0 Å². The Kier molecular flexibility index (Phi) is 6.46. The van der Waals surface area contributed by atoms with E-state index in [1.54, 1.807) is 0 Å². The Hall–Kier alpha value is -2.26. The smallest absolute Gasteiger partial charge is 0.234 e. The van der Waals surface area contributed by atoms with E-state index in [4.69, 9.17) is 0 Å². The number of amides is 1. The summed E-state index contributed by atoms with van der Waals surface area (Å²) in [6.45, 7) is 4.61. The molecular formula is C19H17BrF2N4OS. The first-order valence-electron chi connectivity index (χ1n) is 8.46. The topological polar surface area (TPSA) is 59.8 Å². The lowest BCUT2D eigenvalue weighted by atomic mass is 10.1. The number of aryl methyl sites for hydroxylation is 1. The van der Waals surface area contributed by atoms with Crippen LogP contribution in [0, 0.1) is 18.6 Å². The van der Waals surface area contributed by atoms with Crippen molar-refractivity contribution in [3.8, 4) is 11.4 Å². The second-order valence-corrected chi connectivity index (χ2v) is 7.80. The van der Waals surface area contributed by atoms with Crippen molar-refractivity contribution in [1.82, 2.24) is 14.8 Å². The van der Waals surface area contributed by atoms with Gasteiger partial charge in [0.25, 0.3) is 0 Å². The van der Waals surface area contributed by atoms with Gasteiger partial charge in [-0.1, -0.05) is 35.5 Å². The summed E-state index contributed by atoms with van der Waals surface area (Å²) in [6, 6.07) is 9.74. The van der Waals surface area contributed by atoms with Crippen LogP contribution in [0.1, 0.15) is 12.5 Å². The molecule has 28 heavy (non-hydrogen) atoms. The summed E-state index contributed by atoms with van der Waals surface area (Å²) >= 11 is 4.25. The molecule has 3 aromatic rings. The van der Waals surface area contributed by atoms with Crippen molar-refractivity contribution in [2.75, 3.05) is 11.1 Å². The molecule has 3 rings (SSSR count). The van der Waals surface area contributed by atoms with Crippen LogP contribution in [-0.4, -0.2) is 26.4 Å². The van der Waals surface area contributed by atoms with Gasteiger partial charge in [0, 0.05) is 22.6 Å². The molecule has 0 radical (unpaired) electrons. The Balaban J connectivity index is 1.72. The van der Waals surface area contributed by atoms with E-state index in [2.05, 4.69) is 31.4 Å². The van der Waals surface area contributed by atoms with Crippen LogP contribution in [0.4, 0.5) is 14.5 Å². The van der Waals surface area contributed by atoms with E-state index in [1.807, 2.05) is 42.7 Å². The third-order valence-electron chi connectivity index (χ3n) is 3.91. The average Bonchev–Trinajstić information content (AvgIpc) is 3.06. The number of nitrogens with zero attached hydrogens (tertiary/aromatic N) is 3. The number of hydrogen-bond donors (Lipinski definition) is 1. The molecule has 146 valence electrons. The summed E-state index contributed by atoms with van der Waals surface area (Å²) in [5.74, 6) is -1.27. The zero-order valence-corrected chi connectivity index (χ0v) is 17.6. The summed E-state index contributed by atoms with van der Waals surface area (Å²) in [4.78, 5) is 12.2. The molecule has 1 heterocycles. The Morgan fingerprint density at radius 3 is 2.71 bits per heavy atom. The second-order valence-electron chi connectivity index (χ2n) is 6.00. The standard InChI is InChI=1S/C19H17BrF2N4OS/c1-3-26-18(12-6-4-5-11(2)7-12)24-25-19(26)28-10-16(27)23-17-14(20)8-13(21)9-15(17)22/h4-9H,3,10H2,1-2H3,(H,23,27). The molecule has 0 spiro atoms. The monoisotopic (exact) mass is 466 g/mol. The molecule has 9 heteroatoms. The number of thioether (sulfide) groups is 1. The van der Waals surface area contributed by atoms with Crippen LogP contribution >= 0.6 is 27.7 Å². The average molecular weight is 467 g/mol. The molecule has 1 N–H and O–H groups in total. The summed E-state index contributed by atoms with van der Waals surface area (Å²) < 4.78 is 29.1. The van der Waals surface area contributed by atoms with E-state index in [0.717, 1.165) is 29.1 Å². The van der Waals surface area contributed by atoms with Crippen LogP contribution in [0.15, 0.2) is 46.0 Å².